The number of anilines is 1. The molecule has 0 aliphatic rings. The van der Waals surface area contributed by atoms with Gasteiger partial charge in [-0.3, -0.25) is 4.90 Å². The monoisotopic (exact) mass is 246 g/mol. The van der Waals surface area contributed by atoms with E-state index in [-0.39, 0.29) is 0 Å². The number of hydrogen-bond acceptors (Lipinski definition) is 3. The number of hydrogen-bond donors (Lipinski definition) is 2. The minimum atomic E-state index is 0.739. The summed E-state index contributed by atoms with van der Waals surface area (Å²) in [5.41, 5.74) is 8.53. The van der Waals surface area contributed by atoms with E-state index in [9.17, 15) is 0 Å². The highest BCUT2D eigenvalue weighted by molar-refractivity contribution is 5.78. The summed E-state index contributed by atoms with van der Waals surface area (Å²) in [4.78, 5) is 10.2. The van der Waals surface area contributed by atoms with E-state index in [0.29, 0.717) is 0 Å². The molecule has 4 nitrogen and oxygen atoms in total. The van der Waals surface area contributed by atoms with Crippen LogP contribution < -0.4 is 5.73 Å². The second-order valence-electron chi connectivity index (χ2n) is 5.38. The summed E-state index contributed by atoms with van der Waals surface area (Å²) < 4.78 is 0. The molecule has 3 N–H and O–H groups in total. The van der Waals surface area contributed by atoms with E-state index in [4.69, 9.17) is 5.73 Å². The lowest BCUT2D eigenvalue weighted by atomic mass is 10.1. The van der Waals surface area contributed by atoms with E-state index in [1.807, 2.05) is 18.2 Å². The van der Waals surface area contributed by atoms with Crippen molar-refractivity contribution in [1.82, 2.24) is 14.9 Å². The second-order valence-corrected chi connectivity index (χ2v) is 5.38. The molecule has 0 atom stereocenters. The first kappa shape index (κ1) is 12.9. The number of nitrogens with zero attached hydrogens (tertiary/aromatic N) is 2. The van der Waals surface area contributed by atoms with Gasteiger partial charge in [-0.05, 0) is 44.1 Å². The van der Waals surface area contributed by atoms with Gasteiger partial charge in [-0.2, -0.15) is 0 Å². The largest absolute Gasteiger partial charge is 0.399 e. The van der Waals surface area contributed by atoms with Crippen molar-refractivity contribution in [2.45, 2.75) is 26.8 Å². The minimum absolute atomic E-state index is 0.739. The molecule has 1 heterocycles. The number of benzene rings is 1. The fourth-order valence-electron chi connectivity index (χ4n) is 1.97. The highest BCUT2D eigenvalue weighted by Gasteiger charge is 2.06. The van der Waals surface area contributed by atoms with Gasteiger partial charge in [-0.15, -0.1) is 0 Å². The maximum atomic E-state index is 5.76. The summed E-state index contributed by atoms with van der Waals surface area (Å²) in [7, 11) is 2.13. The van der Waals surface area contributed by atoms with Crippen LogP contribution in [0, 0.1) is 5.92 Å². The van der Waals surface area contributed by atoms with Gasteiger partial charge in [0.15, 0.2) is 0 Å². The van der Waals surface area contributed by atoms with E-state index in [2.05, 4.69) is 35.8 Å². The molecule has 0 aliphatic heterocycles. The van der Waals surface area contributed by atoms with Crippen LogP contribution in [-0.4, -0.2) is 28.5 Å². The van der Waals surface area contributed by atoms with Crippen LogP contribution >= 0.6 is 0 Å². The Hall–Kier alpha value is -1.55. The van der Waals surface area contributed by atoms with Gasteiger partial charge in [0.25, 0.3) is 0 Å². The van der Waals surface area contributed by atoms with Gasteiger partial charge in [0.2, 0.25) is 0 Å². The number of aromatic nitrogens is 2. The normalized spacial score (nSPS) is 11.8. The average Bonchev–Trinajstić information content (AvgIpc) is 2.67. The molecule has 1 aromatic heterocycles. The fraction of sp³-hybridized carbons (Fsp3) is 0.500. The van der Waals surface area contributed by atoms with Crippen molar-refractivity contribution in [3.63, 3.8) is 0 Å². The first-order valence-electron chi connectivity index (χ1n) is 6.47. The number of rotatable bonds is 5. The third-order valence-electron chi connectivity index (χ3n) is 3.06. The summed E-state index contributed by atoms with van der Waals surface area (Å²) in [6.45, 7) is 6.44. The minimum Gasteiger partial charge on any atom is -0.399 e. The number of nitrogens with two attached hydrogens (primary N) is 1. The smallest absolute Gasteiger partial charge is 0.121 e. The second kappa shape index (κ2) is 5.40. The molecule has 2 rings (SSSR count). The van der Waals surface area contributed by atoms with E-state index >= 15 is 0 Å². The van der Waals surface area contributed by atoms with Gasteiger partial charge in [0.05, 0.1) is 17.6 Å². The Bertz CT molecular complexity index is 515. The Balaban J connectivity index is 2.03. The van der Waals surface area contributed by atoms with Crippen molar-refractivity contribution in [3.05, 3.63) is 24.0 Å². The van der Waals surface area contributed by atoms with Crippen molar-refractivity contribution >= 4 is 16.7 Å². The first-order chi connectivity index (χ1) is 8.54. The molecule has 0 bridgehead atoms. The number of H-pyrrole nitrogens is 1. The van der Waals surface area contributed by atoms with Gasteiger partial charge in [-0.25, -0.2) is 4.98 Å². The third kappa shape index (κ3) is 3.23. The van der Waals surface area contributed by atoms with Crippen LogP contribution in [0.2, 0.25) is 0 Å². The molecule has 0 aliphatic carbocycles. The molecule has 0 saturated heterocycles. The third-order valence-corrected chi connectivity index (χ3v) is 3.06. The molecule has 0 saturated carbocycles. The van der Waals surface area contributed by atoms with Crippen LogP contribution in [0.4, 0.5) is 5.69 Å². The Morgan fingerprint density at radius 2 is 2.17 bits per heavy atom. The van der Waals surface area contributed by atoms with Crippen molar-refractivity contribution < 1.29 is 0 Å². The van der Waals surface area contributed by atoms with E-state index in [0.717, 1.165) is 41.6 Å². The molecule has 4 heteroatoms. The predicted molar refractivity (Wildman–Crippen MR) is 76.3 cm³/mol. The lowest BCUT2D eigenvalue weighted by molar-refractivity contribution is 0.297. The SMILES string of the molecule is CC(C)CCN(C)Cc1nc2ccc(N)cc2[nH]1. The molecule has 1 aromatic carbocycles. The summed E-state index contributed by atoms with van der Waals surface area (Å²) in [5.74, 6) is 1.74. The Morgan fingerprint density at radius 3 is 2.89 bits per heavy atom. The topological polar surface area (TPSA) is 57.9 Å². The maximum Gasteiger partial charge on any atom is 0.121 e. The zero-order valence-electron chi connectivity index (χ0n) is 11.4. The Morgan fingerprint density at radius 1 is 1.39 bits per heavy atom. The van der Waals surface area contributed by atoms with E-state index < -0.39 is 0 Å². The molecular weight excluding hydrogens is 224 g/mol. The average molecular weight is 246 g/mol. The van der Waals surface area contributed by atoms with Gasteiger partial charge >= 0.3 is 0 Å². The van der Waals surface area contributed by atoms with Crippen LogP contribution in [0.3, 0.4) is 0 Å². The van der Waals surface area contributed by atoms with Crippen LogP contribution in [0.5, 0.6) is 0 Å². The zero-order chi connectivity index (χ0) is 13.1. The number of nitrogen functional groups attached to an aromatic ring is 1. The van der Waals surface area contributed by atoms with Crippen molar-refractivity contribution in [2.24, 2.45) is 5.92 Å². The quantitative estimate of drug-likeness (QED) is 0.797. The number of imidazole rings is 1. The molecule has 0 unspecified atom stereocenters. The molecule has 0 radical (unpaired) electrons. The van der Waals surface area contributed by atoms with Gasteiger partial charge in [0.1, 0.15) is 5.82 Å². The number of aromatic amines is 1. The Kier molecular flexibility index (Phi) is 3.87. The standard InChI is InChI=1S/C14H22N4/c1-10(2)6-7-18(3)9-14-16-12-5-4-11(15)8-13(12)17-14/h4-5,8,10H,6-7,9,15H2,1-3H3,(H,16,17). The highest BCUT2D eigenvalue weighted by Crippen LogP contribution is 2.15. The van der Waals surface area contributed by atoms with Crippen molar-refractivity contribution in [1.29, 1.82) is 0 Å². The molecule has 18 heavy (non-hydrogen) atoms. The highest BCUT2D eigenvalue weighted by atomic mass is 15.1. The number of nitrogens with one attached hydrogen (secondary N) is 1. The lowest BCUT2D eigenvalue weighted by Crippen LogP contribution is -2.20. The molecule has 98 valence electrons. The molecular formula is C14H22N4. The maximum absolute atomic E-state index is 5.76. The molecule has 0 spiro atoms. The van der Waals surface area contributed by atoms with Crippen LogP contribution in [-0.2, 0) is 6.54 Å². The Labute approximate surface area is 108 Å². The van der Waals surface area contributed by atoms with Gasteiger partial charge in [-0.1, -0.05) is 13.8 Å². The van der Waals surface area contributed by atoms with E-state index in [1.165, 1.54) is 6.42 Å². The lowest BCUT2D eigenvalue weighted by Gasteiger charge is -2.16. The van der Waals surface area contributed by atoms with E-state index in [1.54, 1.807) is 0 Å². The summed E-state index contributed by atoms with van der Waals surface area (Å²) >= 11 is 0. The van der Waals surface area contributed by atoms with Crippen molar-refractivity contribution in [3.8, 4) is 0 Å². The zero-order valence-corrected chi connectivity index (χ0v) is 11.4. The predicted octanol–water partition coefficient (Wildman–Crippen LogP) is 2.62. The van der Waals surface area contributed by atoms with Crippen LogP contribution in [0.1, 0.15) is 26.1 Å². The molecule has 0 amide bonds. The fourth-order valence-corrected chi connectivity index (χ4v) is 1.97. The first-order valence-corrected chi connectivity index (χ1v) is 6.47. The van der Waals surface area contributed by atoms with Crippen molar-refractivity contribution in [2.75, 3.05) is 19.3 Å². The summed E-state index contributed by atoms with van der Waals surface area (Å²) in [6.07, 6.45) is 1.21. The van der Waals surface area contributed by atoms with Gasteiger partial charge < -0.3 is 10.7 Å². The van der Waals surface area contributed by atoms with Crippen LogP contribution in [0.25, 0.3) is 11.0 Å². The summed E-state index contributed by atoms with van der Waals surface area (Å²) in [6, 6.07) is 5.77. The molecule has 2 aromatic rings. The van der Waals surface area contributed by atoms with Gasteiger partial charge in [0, 0.05) is 5.69 Å². The summed E-state index contributed by atoms with van der Waals surface area (Å²) in [5, 5.41) is 0. The number of fused-ring (bicyclic) bond motifs is 1. The van der Waals surface area contributed by atoms with Crippen LogP contribution in [0.15, 0.2) is 18.2 Å². The molecule has 0 fully saturated rings.